The Morgan fingerprint density at radius 3 is 2.89 bits per heavy atom. The summed E-state index contributed by atoms with van der Waals surface area (Å²) in [6.45, 7) is 0.494. The molecule has 0 radical (unpaired) electrons. The maximum absolute atomic E-state index is 11.6. The number of nitrogens with two attached hydrogens (primary N) is 1. The summed E-state index contributed by atoms with van der Waals surface area (Å²) < 4.78 is 25.2. The van der Waals surface area contributed by atoms with Crippen LogP contribution in [0.5, 0.6) is 0 Å². The van der Waals surface area contributed by atoms with E-state index in [2.05, 4.69) is 4.98 Å². The maximum Gasteiger partial charge on any atom is 0.151 e. The summed E-state index contributed by atoms with van der Waals surface area (Å²) >= 11 is 0. The molecule has 0 saturated carbocycles. The SMILES string of the molecule is Cn1c(C2CCS(=O)(=O)C2)nc2ccc(CN)cc21. The van der Waals surface area contributed by atoms with Gasteiger partial charge in [-0.1, -0.05) is 6.07 Å². The molecule has 3 rings (SSSR count). The third-order valence-electron chi connectivity index (χ3n) is 3.81. The highest BCUT2D eigenvalue weighted by atomic mass is 32.2. The topological polar surface area (TPSA) is 78.0 Å². The van der Waals surface area contributed by atoms with E-state index in [0.717, 1.165) is 22.4 Å². The van der Waals surface area contributed by atoms with Gasteiger partial charge in [0, 0.05) is 19.5 Å². The van der Waals surface area contributed by atoms with Crippen molar-refractivity contribution >= 4 is 20.9 Å². The van der Waals surface area contributed by atoms with Crippen LogP contribution in [-0.2, 0) is 23.4 Å². The molecule has 6 heteroatoms. The molecule has 0 aliphatic carbocycles. The first-order valence-corrected chi connectivity index (χ1v) is 8.18. The molecule has 2 aromatic rings. The van der Waals surface area contributed by atoms with Crippen molar-refractivity contribution in [1.29, 1.82) is 0 Å². The van der Waals surface area contributed by atoms with Crippen molar-refractivity contribution < 1.29 is 8.42 Å². The van der Waals surface area contributed by atoms with Gasteiger partial charge < -0.3 is 10.3 Å². The minimum absolute atomic E-state index is 0.0173. The van der Waals surface area contributed by atoms with Crippen LogP contribution in [0.3, 0.4) is 0 Å². The minimum Gasteiger partial charge on any atom is -0.331 e. The van der Waals surface area contributed by atoms with Gasteiger partial charge in [0.2, 0.25) is 0 Å². The van der Waals surface area contributed by atoms with Gasteiger partial charge in [-0.15, -0.1) is 0 Å². The fourth-order valence-corrected chi connectivity index (χ4v) is 4.48. The molecule has 5 nitrogen and oxygen atoms in total. The second-order valence-corrected chi connectivity index (χ2v) is 7.38. The lowest BCUT2D eigenvalue weighted by molar-refractivity contribution is 0.600. The van der Waals surface area contributed by atoms with Crippen molar-refractivity contribution in [1.82, 2.24) is 9.55 Å². The highest BCUT2D eigenvalue weighted by molar-refractivity contribution is 7.91. The zero-order valence-electron chi connectivity index (χ0n) is 10.8. The van der Waals surface area contributed by atoms with Crippen LogP contribution in [0.2, 0.25) is 0 Å². The predicted octanol–water partition coefficient (Wildman–Crippen LogP) is 0.934. The van der Waals surface area contributed by atoms with Crippen molar-refractivity contribution in [3.05, 3.63) is 29.6 Å². The van der Waals surface area contributed by atoms with Gasteiger partial charge in [-0.3, -0.25) is 0 Å². The van der Waals surface area contributed by atoms with Gasteiger partial charge in [-0.2, -0.15) is 0 Å². The lowest BCUT2D eigenvalue weighted by Crippen LogP contribution is -2.08. The van der Waals surface area contributed by atoms with Crippen molar-refractivity contribution in [2.24, 2.45) is 12.8 Å². The largest absolute Gasteiger partial charge is 0.331 e. The van der Waals surface area contributed by atoms with Gasteiger partial charge in [0.1, 0.15) is 5.82 Å². The van der Waals surface area contributed by atoms with Gasteiger partial charge >= 0.3 is 0 Å². The first kappa shape index (κ1) is 12.6. The average Bonchev–Trinajstić information content (AvgIpc) is 2.90. The number of benzene rings is 1. The maximum atomic E-state index is 11.6. The van der Waals surface area contributed by atoms with E-state index in [9.17, 15) is 8.42 Å². The summed E-state index contributed by atoms with van der Waals surface area (Å²) in [7, 11) is -0.944. The molecule has 2 N–H and O–H groups in total. The smallest absolute Gasteiger partial charge is 0.151 e. The van der Waals surface area contributed by atoms with Crippen molar-refractivity contribution in [2.45, 2.75) is 18.9 Å². The second kappa shape index (κ2) is 4.31. The monoisotopic (exact) mass is 279 g/mol. The van der Waals surface area contributed by atoms with E-state index < -0.39 is 9.84 Å². The van der Waals surface area contributed by atoms with Crippen LogP contribution in [0.25, 0.3) is 11.0 Å². The van der Waals surface area contributed by atoms with E-state index >= 15 is 0 Å². The molecule has 1 aromatic carbocycles. The average molecular weight is 279 g/mol. The van der Waals surface area contributed by atoms with E-state index in [1.54, 1.807) is 0 Å². The van der Waals surface area contributed by atoms with Crippen LogP contribution < -0.4 is 5.73 Å². The zero-order valence-corrected chi connectivity index (χ0v) is 11.7. The molecule has 1 unspecified atom stereocenters. The fourth-order valence-electron chi connectivity index (χ4n) is 2.74. The molecule has 0 bridgehead atoms. The quantitative estimate of drug-likeness (QED) is 0.887. The number of hydrogen-bond donors (Lipinski definition) is 1. The Balaban J connectivity index is 2.08. The van der Waals surface area contributed by atoms with E-state index in [1.807, 2.05) is 29.8 Å². The Hall–Kier alpha value is -1.40. The van der Waals surface area contributed by atoms with Crippen LogP contribution >= 0.6 is 0 Å². The summed E-state index contributed by atoms with van der Waals surface area (Å²) in [6, 6.07) is 5.93. The second-order valence-electron chi connectivity index (χ2n) is 5.16. The summed E-state index contributed by atoms with van der Waals surface area (Å²) in [5.41, 5.74) is 8.62. The van der Waals surface area contributed by atoms with E-state index in [4.69, 9.17) is 5.73 Å². The molecule has 19 heavy (non-hydrogen) atoms. The third-order valence-corrected chi connectivity index (χ3v) is 5.58. The van der Waals surface area contributed by atoms with Crippen LogP contribution in [-0.4, -0.2) is 29.5 Å². The van der Waals surface area contributed by atoms with Crippen molar-refractivity contribution in [3.8, 4) is 0 Å². The van der Waals surface area contributed by atoms with Crippen LogP contribution in [0, 0.1) is 0 Å². The van der Waals surface area contributed by atoms with Crippen LogP contribution in [0.15, 0.2) is 18.2 Å². The summed E-state index contributed by atoms with van der Waals surface area (Å²) in [5, 5.41) is 0. The molecule has 2 heterocycles. The summed E-state index contributed by atoms with van der Waals surface area (Å²) in [4.78, 5) is 4.59. The van der Waals surface area contributed by atoms with Crippen LogP contribution in [0.4, 0.5) is 0 Å². The zero-order chi connectivity index (χ0) is 13.6. The number of sulfone groups is 1. The number of nitrogens with zero attached hydrogens (tertiary/aromatic N) is 2. The molecule has 0 spiro atoms. The van der Waals surface area contributed by atoms with Gasteiger partial charge in [0.05, 0.1) is 22.5 Å². The Morgan fingerprint density at radius 1 is 1.47 bits per heavy atom. The summed E-state index contributed by atoms with van der Waals surface area (Å²) in [5.74, 6) is 1.37. The highest BCUT2D eigenvalue weighted by Crippen LogP contribution is 2.30. The van der Waals surface area contributed by atoms with Crippen molar-refractivity contribution in [3.63, 3.8) is 0 Å². The van der Waals surface area contributed by atoms with Gasteiger partial charge in [0.25, 0.3) is 0 Å². The molecule has 1 atom stereocenters. The number of fused-ring (bicyclic) bond motifs is 1. The predicted molar refractivity (Wildman–Crippen MR) is 74.6 cm³/mol. The first-order chi connectivity index (χ1) is 9.00. The molecule has 1 aliphatic rings. The van der Waals surface area contributed by atoms with Crippen molar-refractivity contribution in [2.75, 3.05) is 11.5 Å². The molecule has 1 fully saturated rings. The number of rotatable bonds is 2. The third kappa shape index (κ3) is 2.15. The molecule has 0 amide bonds. The Labute approximate surface area is 112 Å². The highest BCUT2D eigenvalue weighted by Gasteiger charge is 2.32. The molecular weight excluding hydrogens is 262 g/mol. The van der Waals surface area contributed by atoms with E-state index in [-0.39, 0.29) is 17.4 Å². The Bertz CT molecular complexity index is 734. The van der Waals surface area contributed by atoms with Gasteiger partial charge in [0.15, 0.2) is 9.84 Å². The molecular formula is C13H17N3O2S. The van der Waals surface area contributed by atoms with E-state index in [1.165, 1.54) is 0 Å². The molecule has 102 valence electrons. The Kier molecular flexibility index (Phi) is 2.87. The number of aryl methyl sites for hydroxylation is 1. The molecule has 1 saturated heterocycles. The first-order valence-electron chi connectivity index (χ1n) is 6.36. The van der Waals surface area contributed by atoms with Crippen LogP contribution in [0.1, 0.15) is 23.7 Å². The lowest BCUT2D eigenvalue weighted by atomic mass is 10.1. The van der Waals surface area contributed by atoms with E-state index in [0.29, 0.717) is 13.0 Å². The lowest BCUT2D eigenvalue weighted by Gasteiger charge is -2.07. The van der Waals surface area contributed by atoms with Gasteiger partial charge in [-0.25, -0.2) is 13.4 Å². The molecule has 1 aliphatic heterocycles. The Morgan fingerprint density at radius 2 is 2.26 bits per heavy atom. The number of hydrogen-bond acceptors (Lipinski definition) is 4. The minimum atomic E-state index is -2.88. The number of aromatic nitrogens is 2. The summed E-state index contributed by atoms with van der Waals surface area (Å²) in [6.07, 6.45) is 0.670. The fraction of sp³-hybridized carbons (Fsp3) is 0.462. The standard InChI is InChI=1S/C13H17N3O2S/c1-16-12-6-9(7-14)2-3-11(12)15-13(16)10-4-5-19(17,18)8-10/h2-3,6,10H,4-5,7-8,14H2,1H3. The van der Waals surface area contributed by atoms with Gasteiger partial charge in [-0.05, 0) is 24.1 Å². The number of imidazole rings is 1. The molecule has 1 aromatic heterocycles. The normalized spacial score (nSPS) is 22.1.